The molecule has 7 heteroatoms. The molecule has 0 N–H and O–H groups in total. The van der Waals surface area contributed by atoms with Crippen LogP contribution < -0.4 is 4.74 Å². The summed E-state index contributed by atoms with van der Waals surface area (Å²) in [6.45, 7) is 0. The molecule has 2 aromatic rings. The van der Waals surface area contributed by atoms with E-state index in [1.54, 1.807) is 0 Å². The first kappa shape index (κ1) is 10.7. The van der Waals surface area contributed by atoms with Gasteiger partial charge in [0.25, 0.3) is 0 Å². The van der Waals surface area contributed by atoms with E-state index >= 15 is 0 Å². The fraction of sp³-hybridized carbons (Fsp3) is 0. The van der Waals surface area contributed by atoms with Gasteiger partial charge in [-0.3, -0.25) is 0 Å². The van der Waals surface area contributed by atoms with Crippen molar-refractivity contribution in [2.45, 2.75) is 0 Å². The molecule has 1 aromatic carbocycles. The van der Waals surface area contributed by atoms with Crippen LogP contribution in [0.25, 0.3) is 0 Å². The molecule has 16 heavy (non-hydrogen) atoms. The lowest BCUT2D eigenvalue weighted by atomic mass is 10.3. The van der Waals surface area contributed by atoms with Crippen molar-refractivity contribution in [1.29, 1.82) is 0 Å². The average molecular weight is 244 g/mol. The van der Waals surface area contributed by atoms with E-state index in [1.807, 2.05) is 0 Å². The van der Waals surface area contributed by atoms with Crippen LogP contribution in [0.1, 0.15) is 0 Å². The molecule has 0 fully saturated rings. The van der Waals surface area contributed by atoms with Crippen molar-refractivity contribution in [1.82, 2.24) is 15.2 Å². The van der Waals surface area contributed by atoms with Gasteiger partial charge < -0.3 is 4.74 Å². The van der Waals surface area contributed by atoms with Gasteiger partial charge in [-0.2, -0.15) is 10.1 Å². The SMILES string of the molecule is Fc1ccc(Oc2cnnc(Cl)n2)c(F)c1. The second-order valence-electron chi connectivity index (χ2n) is 2.74. The quantitative estimate of drug-likeness (QED) is 0.813. The first-order valence-corrected chi connectivity index (χ1v) is 4.51. The van der Waals surface area contributed by atoms with Crippen LogP contribution in [0.4, 0.5) is 8.78 Å². The zero-order valence-electron chi connectivity index (χ0n) is 7.69. The molecular formula is C9H4ClF2N3O. The highest BCUT2D eigenvalue weighted by molar-refractivity contribution is 6.28. The average Bonchev–Trinajstić information content (AvgIpc) is 2.22. The first-order valence-electron chi connectivity index (χ1n) is 4.13. The zero-order valence-corrected chi connectivity index (χ0v) is 8.45. The summed E-state index contributed by atoms with van der Waals surface area (Å²) in [4.78, 5) is 3.64. The van der Waals surface area contributed by atoms with Crippen LogP contribution >= 0.6 is 11.6 Å². The lowest BCUT2D eigenvalue weighted by Gasteiger charge is -2.04. The Balaban J connectivity index is 2.27. The summed E-state index contributed by atoms with van der Waals surface area (Å²) in [6, 6.07) is 2.90. The maximum Gasteiger partial charge on any atom is 0.246 e. The highest BCUT2D eigenvalue weighted by atomic mass is 35.5. The molecule has 0 saturated carbocycles. The zero-order chi connectivity index (χ0) is 11.5. The highest BCUT2D eigenvalue weighted by Crippen LogP contribution is 2.23. The third-order valence-electron chi connectivity index (χ3n) is 1.62. The second-order valence-corrected chi connectivity index (χ2v) is 3.08. The van der Waals surface area contributed by atoms with Gasteiger partial charge in [0, 0.05) is 6.07 Å². The Morgan fingerprint density at radius 1 is 1.25 bits per heavy atom. The summed E-state index contributed by atoms with van der Waals surface area (Å²) in [6.07, 6.45) is 1.16. The summed E-state index contributed by atoms with van der Waals surface area (Å²) in [5.74, 6) is -1.72. The summed E-state index contributed by atoms with van der Waals surface area (Å²) >= 11 is 5.46. The van der Waals surface area contributed by atoms with Crippen molar-refractivity contribution in [3.63, 3.8) is 0 Å². The second kappa shape index (κ2) is 4.36. The van der Waals surface area contributed by atoms with Gasteiger partial charge >= 0.3 is 0 Å². The fourth-order valence-corrected chi connectivity index (χ4v) is 1.11. The smallest absolute Gasteiger partial charge is 0.246 e. The Labute approximate surface area is 93.9 Å². The van der Waals surface area contributed by atoms with Crippen molar-refractivity contribution in [3.8, 4) is 11.6 Å². The summed E-state index contributed by atoms with van der Waals surface area (Å²) in [5.41, 5.74) is 0. The van der Waals surface area contributed by atoms with Gasteiger partial charge in [0.05, 0.1) is 0 Å². The molecule has 1 heterocycles. The number of ether oxygens (including phenoxy) is 1. The maximum atomic E-state index is 13.2. The molecule has 2 rings (SSSR count). The summed E-state index contributed by atoms with van der Waals surface area (Å²) in [5, 5.41) is 6.73. The molecule has 0 spiro atoms. The molecule has 0 unspecified atom stereocenters. The number of nitrogens with zero attached hydrogens (tertiary/aromatic N) is 3. The van der Waals surface area contributed by atoms with Crippen molar-refractivity contribution in [2.24, 2.45) is 0 Å². The molecule has 0 saturated heterocycles. The number of benzene rings is 1. The van der Waals surface area contributed by atoms with Crippen LogP contribution in [0.3, 0.4) is 0 Å². The Kier molecular flexibility index (Phi) is 2.91. The molecule has 0 aliphatic rings. The van der Waals surface area contributed by atoms with Crippen molar-refractivity contribution in [2.75, 3.05) is 0 Å². The van der Waals surface area contributed by atoms with E-state index in [0.29, 0.717) is 6.07 Å². The standard InChI is InChI=1S/C9H4ClF2N3O/c10-9-14-8(4-13-15-9)16-7-2-1-5(11)3-6(7)12/h1-4H. The number of aromatic nitrogens is 3. The Hall–Kier alpha value is -1.82. The van der Waals surface area contributed by atoms with Crippen LogP contribution in [-0.4, -0.2) is 15.2 Å². The van der Waals surface area contributed by atoms with Gasteiger partial charge in [-0.25, -0.2) is 8.78 Å². The van der Waals surface area contributed by atoms with E-state index in [2.05, 4.69) is 15.2 Å². The third kappa shape index (κ3) is 2.40. The number of hydrogen-bond acceptors (Lipinski definition) is 4. The van der Waals surface area contributed by atoms with E-state index < -0.39 is 11.6 Å². The maximum absolute atomic E-state index is 13.2. The molecule has 0 aliphatic heterocycles. The summed E-state index contributed by atoms with van der Waals surface area (Å²) < 4.78 is 30.8. The monoisotopic (exact) mass is 243 g/mol. The molecule has 0 radical (unpaired) electrons. The number of rotatable bonds is 2. The van der Waals surface area contributed by atoms with Gasteiger partial charge in [-0.15, -0.1) is 5.10 Å². The minimum atomic E-state index is -0.838. The number of halogens is 3. The Bertz CT molecular complexity index is 524. The van der Waals surface area contributed by atoms with E-state index in [0.717, 1.165) is 18.3 Å². The van der Waals surface area contributed by atoms with Crippen molar-refractivity contribution < 1.29 is 13.5 Å². The normalized spacial score (nSPS) is 10.2. The summed E-state index contributed by atoms with van der Waals surface area (Å²) in [7, 11) is 0. The largest absolute Gasteiger partial charge is 0.434 e. The van der Waals surface area contributed by atoms with E-state index in [4.69, 9.17) is 16.3 Å². The lowest BCUT2D eigenvalue weighted by molar-refractivity contribution is 0.420. The van der Waals surface area contributed by atoms with Crippen LogP contribution in [0, 0.1) is 11.6 Å². The van der Waals surface area contributed by atoms with Gasteiger partial charge in [0.1, 0.15) is 12.0 Å². The molecule has 0 bridgehead atoms. The molecular weight excluding hydrogens is 240 g/mol. The Morgan fingerprint density at radius 2 is 2.06 bits per heavy atom. The minimum Gasteiger partial charge on any atom is -0.434 e. The Morgan fingerprint density at radius 3 is 2.75 bits per heavy atom. The van der Waals surface area contributed by atoms with Gasteiger partial charge in [0.15, 0.2) is 11.6 Å². The molecule has 82 valence electrons. The fourth-order valence-electron chi connectivity index (χ4n) is 0.988. The molecule has 0 aliphatic carbocycles. The predicted octanol–water partition coefficient (Wildman–Crippen LogP) is 2.60. The lowest BCUT2D eigenvalue weighted by Crippen LogP contribution is -1.94. The molecule has 1 aromatic heterocycles. The van der Waals surface area contributed by atoms with Gasteiger partial charge in [-0.1, -0.05) is 0 Å². The molecule has 4 nitrogen and oxygen atoms in total. The van der Waals surface area contributed by atoms with Crippen LogP contribution in [0.5, 0.6) is 11.6 Å². The third-order valence-corrected chi connectivity index (χ3v) is 1.78. The first-order chi connectivity index (χ1) is 7.65. The van der Waals surface area contributed by atoms with Gasteiger partial charge in [-0.05, 0) is 23.7 Å². The van der Waals surface area contributed by atoms with E-state index in [9.17, 15) is 8.78 Å². The topological polar surface area (TPSA) is 47.9 Å². The number of hydrogen-bond donors (Lipinski definition) is 0. The molecule has 0 amide bonds. The van der Waals surface area contributed by atoms with Crippen LogP contribution in [-0.2, 0) is 0 Å². The van der Waals surface area contributed by atoms with Crippen LogP contribution in [0.15, 0.2) is 24.4 Å². The van der Waals surface area contributed by atoms with Gasteiger partial charge in [0.2, 0.25) is 11.2 Å². The minimum absolute atomic E-state index is 0.0227. The van der Waals surface area contributed by atoms with E-state index in [1.165, 1.54) is 0 Å². The highest BCUT2D eigenvalue weighted by Gasteiger charge is 2.07. The van der Waals surface area contributed by atoms with Crippen molar-refractivity contribution >= 4 is 11.6 Å². The molecule has 0 atom stereocenters. The predicted molar refractivity (Wildman–Crippen MR) is 51.3 cm³/mol. The van der Waals surface area contributed by atoms with Crippen LogP contribution in [0.2, 0.25) is 5.28 Å². The van der Waals surface area contributed by atoms with E-state index in [-0.39, 0.29) is 16.9 Å². The van der Waals surface area contributed by atoms with Crippen molar-refractivity contribution in [3.05, 3.63) is 41.3 Å².